The zero-order chi connectivity index (χ0) is 14.0. The van der Waals surface area contributed by atoms with Crippen molar-refractivity contribution in [2.24, 2.45) is 11.1 Å². The summed E-state index contributed by atoms with van der Waals surface area (Å²) in [6, 6.07) is 7.03. The average Bonchev–Trinajstić information content (AvgIpc) is 3.20. The van der Waals surface area contributed by atoms with Gasteiger partial charge < -0.3 is 15.7 Å². The molecule has 1 amide bonds. The summed E-state index contributed by atoms with van der Waals surface area (Å²) < 4.78 is 0. The normalized spacial score (nSPS) is 17.8. The lowest BCUT2D eigenvalue weighted by molar-refractivity contribution is -0.138. The lowest BCUT2D eigenvalue weighted by atomic mass is 10.0. The lowest BCUT2D eigenvalue weighted by Crippen LogP contribution is -2.41. The topological polar surface area (TPSA) is 66.6 Å². The molecule has 1 aliphatic rings. The molecule has 3 N–H and O–H groups in total. The van der Waals surface area contributed by atoms with Crippen molar-refractivity contribution in [1.82, 2.24) is 4.90 Å². The molecule has 1 saturated carbocycles. The van der Waals surface area contributed by atoms with E-state index in [1.165, 1.54) is 0 Å². The van der Waals surface area contributed by atoms with Crippen molar-refractivity contribution in [3.63, 3.8) is 0 Å². The van der Waals surface area contributed by atoms with E-state index in [9.17, 15) is 9.90 Å². The quantitative estimate of drug-likeness (QED) is 0.853. The highest BCUT2D eigenvalue weighted by Gasteiger charge is 2.50. The van der Waals surface area contributed by atoms with Crippen LogP contribution in [-0.4, -0.2) is 29.0 Å². The average molecular weight is 262 g/mol. The van der Waals surface area contributed by atoms with Crippen LogP contribution in [0, 0.1) is 5.41 Å². The fourth-order valence-corrected chi connectivity index (χ4v) is 2.52. The number of nitrogens with two attached hydrogens (primary N) is 1. The Kier molecular flexibility index (Phi) is 3.80. The monoisotopic (exact) mass is 262 g/mol. The van der Waals surface area contributed by atoms with Crippen molar-refractivity contribution >= 4 is 5.91 Å². The molecule has 1 fully saturated rings. The van der Waals surface area contributed by atoms with E-state index in [0.29, 0.717) is 13.1 Å². The first kappa shape index (κ1) is 13.9. The molecule has 0 radical (unpaired) electrons. The predicted molar refractivity (Wildman–Crippen MR) is 74.6 cm³/mol. The van der Waals surface area contributed by atoms with Crippen LogP contribution in [0.15, 0.2) is 24.3 Å². The van der Waals surface area contributed by atoms with Crippen LogP contribution < -0.4 is 5.73 Å². The van der Waals surface area contributed by atoms with Crippen molar-refractivity contribution in [3.05, 3.63) is 29.8 Å². The molecule has 1 atom stereocenters. The molecule has 1 aromatic rings. The molecular weight excluding hydrogens is 240 g/mol. The lowest BCUT2D eigenvalue weighted by Gasteiger charge is -2.31. The Morgan fingerprint density at radius 2 is 2.21 bits per heavy atom. The Morgan fingerprint density at radius 3 is 2.68 bits per heavy atom. The van der Waals surface area contributed by atoms with Crippen LogP contribution >= 0.6 is 0 Å². The fraction of sp³-hybridized carbons (Fsp3) is 0.533. The van der Waals surface area contributed by atoms with E-state index in [1.807, 2.05) is 24.8 Å². The second kappa shape index (κ2) is 5.21. The van der Waals surface area contributed by atoms with Crippen LogP contribution in [0.4, 0.5) is 0 Å². The number of rotatable bonds is 5. The summed E-state index contributed by atoms with van der Waals surface area (Å²) in [6.07, 6.45) is 1.79. The number of hydrogen-bond acceptors (Lipinski definition) is 3. The molecule has 1 aliphatic carbocycles. The minimum Gasteiger partial charge on any atom is -0.508 e. The van der Waals surface area contributed by atoms with Gasteiger partial charge in [0.2, 0.25) is 5.91 Å². The molecule has 0 saturated heterocycles. The zero-order valence-electron chi connectivity index (χ0n) is 11.6. The van der Waals surface area contributed by atoms with Crippen LogP contribution in [-0.2, 0) is 4.79 Å². The highest BCUT2D eigenvalue weighted by molar-refractivity contribution is 5.86. The minimum absolute atomic E-state index is 0.0476. The molecule has 4 heteroatoms. The highest BCUT2D eigenvalue weighted by Crippen LogP contribution is 2.47. The Labute approximate surface area is 114 Å². The van der Waals surface area contributed by atoms with Gasteiger partial charge in [-0.3, -0.25) is 4.79 Å². The number of phenolic OH excluding ortho intramolecular Hbond substituents is 1. The molecule has 2 rings (SSSR count). The second-order valence-corrected chi connectivity index (χ2v) is 5.35. The number of aromatic hydroxyl groups is 1. The number of amides is 1. The first-order chi connectivity index (χ1) is 9.04. The van der Waals surface area contributed by atoms with E-state index in [-0.39, 0.29) is 23.1 Å². The number of carbonyl (C=O) groups is 1. The van der Waals surface area contributed by atoms with E-state index in [4.69, 9.17) is 5.73 Å². The largest absolute Gasteiger partial charge is 0.508 e. The van der Waals surface area contributed by atoms with Crippen LogP contribution in [0.2, 0.25) is 0 Å². The SMILES string of the molecule is CCN(C(=O)C1(CN)CC1)C(C)c1cccc(O)c1. The molecule has 104 valence electrons. The maximum absolute atomic E-state index is 12.6. The first-order valence-corrected chi connectivity index (χ1v) is 6.84. The second-order valence-electron chi connectivity index (χ2n) is 5.35. The van der Waals surface area contributed by atoms with Gasteiger partial charge in [-0.2, -0.15) is 0 Å². The van der Waals surface area contributed by atoms with E-state index in [2.05, 4.69) is 0 Å². The summed E-state index contributed by atoms with van der Waals surface area (Å²) in [5.74, 6) is 0.376. The molecule has 0 bridgehead atoms. The van der Waals surface area contributed by atoms with Gasteiger partial charge in [0.15, 0.2) is 0 Å². The van der Waals surface area contributed by atoms with E-state index in [1.54, 1.807) is 18.2 Å². The molecule has 0 spiro atoms. The van der Waals surface area contributed by atoms with Gasteiger partial charge in [-0.05, 0) is 44.4 Å². The molecule has 0 aromatic heterocycles. The third-order valence-electron chi connectivity index (χ3n) is 4.12. The van der Waals surface area contributed by atoms with Crippen LogP contribution in [0.25, 0.3) is 0 Å². The smallest absolute Gasteiger partial charge is 0.230 e. The number of nitrogens with zero attached hydrogens (tertiary/aromatic N) is 1. The Bertz CT molecular complexity index is 469. The Balaban J connectivity index is 2.20. The summed E-state index contributed by atoms with van der Waals surface area (Å²) >= 11 is 0. The standard InChI is InChI=1S/C15H22N2O2/c1-3-17(14(19)15(10-16)7-8-15)11(2)12-5-4-6-13(18)9-12/h4-6,9,11,18H,3,7-8,10,16H2,1-2H3. The third-order valence-corrected chi connectivity index (χ3v) is 4.12. The van der Waals surface area contributed by atoms with Crippen molar-refractivity contribution in [2.45, 2.75) is 32.7 Å². The molecule has 0 heterocycles. The van der Waals surface area contributed by atoms with E-state index >= 15 is 0 Å². The third kappa shape index (κ3) is 2.59. The number of phenols is 1. The van der Waals surface area contributed by atoms with E-state index in [0.717, 1.165) is 18.4 Å². The number of benzene rings is 1. The number of carbonyl (C=O) groups excluding carboxylic acids is 1. The predicted octanol–water partition coefficient (Wildman–Crippen LogP) is 2.04. The Morgan fingerprint density at radius 1 is 1.53 bits per heavy atom. The summed E-state index contributed by atoms with van der Waals surface area (Å²) in [6.45, 7) is 5.04. The maximum atomic E-state index is 12.6. The fourth-order valence-electron chi connectivity index (χ4n) is 2.52. The summed E-state index contributed by atoms with van der Waals surface area (Å²) in [5, 5.41) is 9.55. The zero-order valence-corrected chi connectivity index (χ0v) is 11.6. The van der Waals surface area contributed by atoms with Crippen LogP contribution in [0.5, 0.6) is 5.75 Å². The minimum atomic E-state index is -0.318. The molecule has 4 nitrogen and oxygen atoms in total. The van der Waals surface area contributed by atoms with Crippen molar-refractivity contribution in [3.8, 4) is 5.75 Å². The molecule has 1 aromatic carbocycles. The van der Waals surface area contributed by atoms with Crippen LogP contribution in [0.1, 0.15) is 38.3 Å². The first-order valence-electron chi connectivity index (χ1n) is 6.84. The molecule has 0 aliphatic heterocycles. The summed E-state index contributed by atoms with van der Waals surface area (Å²) in [4.78, 5) is 14.4. The summed E-state index contributed by atoms with van der Waals surface area (Å²) in [7, 11) is 0. The van der Waals surface area contributed by atoms with Gasteiger partial charge in [0.05, 0.1) is 11.5 Å². The van der Waals surface area contributed by atoms with Gasteiger partial charge in [0.1, 0.15) is 5.75 Å². The van der Waals surface area contributed by atoms with Crippen molar-refractivity contribution < 1.29 is 9.90 Å². The van der Waals surface area contributed by atoms with E-state index < -0.39 is 0 Å². The maximum Gasteiger partial charge on any atom is 0.230 e. The van der Waals surface area contributed by atoms with Gasteiger partial charge in [0.25, 0.3) is 0 Å². The van der Waals surface area contributed by atoms with Gasteiger partial charge in [0, 0.05) is 13.1 Å². The van der Waals surface area contributed by atoms with Crippen LogP contribution in [0.3, 0.4) is 0 Å². The van der Waals surface area contributed by atoms with Gasteiger partial charge in [-0.1, -0.05) is 12.1 Å². The van der Waals surface area contributed by atoms with Gasteiger partial charge >= 0.3 is 0 Å². The van der Waals surface area contributed by atoms with Crippen molar-refractivity contribution in [2.75, 3.05) is 13.1 Å². The Hall–Kier alpha value is -1.55. The van der Waals surface area contributed by atoms with Crippen molar-refractivity contribution in [1.29, 1.82) is 0 Å². The van der Waals surface area contributed by atoms with Gasteiger partial charge in [-0.15, -0.1) is 0 Å². The molecule has 19 heavy (non-hydrogen) atoms. The molecular formula is C15H22N2O2. The number of hydrogen-bond donors (Lipinski definition) is 2. The summed E-state index contributed by atoms with van der Waals surface area (Å²) in [5.41, 5.74) is 6.37. The highest BCUT2D eigenvalue weighted by atomic mass is 16.3. The molecule has 1 unspecified atom stereocenters. The van der Waals surface area contributed by atoms with Gasteiger partial charge in [-0.25, -0.2) is 0 Å².